The van der Waals surface area contributed by atoms with Crippen molar-refractivity contribution < 1.29 is 4.79 Å². The predicted molar refractivity (Wildman–Crippen MR) is 129 cm³/mol. The first-order chi connectivity index (χ1) is 16.1. The van der Waals surface area contributed by atoms with Crippen molar-refractivity contribution in [3.8, 4) is 0 Å². The van der Waals surface area contributed by atoms with Gasteiger partial charge in [-0.05, 0) is 49.1 Å². The fraction of sp³-hybridized carbons (Fsp3) is 0.440. The Morgan fingerprint density at radius 2 is 1.97 bits per heavy atom. The standard InChI is InChI=1S/C25H30N6O2/c1-3-17-13-20-21(29-24(17)32)12-16(14-27-20)15-30-8-10-31(11-9-30)22-7-6-19(25(33)26-2)28-23(22)18-4-5-18/h6-7,12-14,18H,3-5,8-11,15H2,1-2H3,(H,26,33)(H,29,32). The Balaban J connectivity index is 1.27. The van der Waals surface area contributed by atoms with Crippen LogP contribution in [0.25, 0.3) is 11.0 Å². The van der Waals surface area contributed by atoms with E-state index in [4.69, 9.17) is 4.98 Å². The van der Waals surface area contributed by atoms with E-state index >= 15 is 0 Å². The van der Waals surface area contributed by atoms with Crippen molar-refractivity contribution in [1.82, 2.24) is 25.2 Å². The van der Waals surface area contributed by atoms with Crippen LogP contribution in [0, 0.1) is 0 Å². The van der Waals surface area contributed by atoms with Gasteiger partial charge in [-0.25, -0.2) is 4.98 Å². The third-order valence-electron chi connectivity index (χ3n) is 6.65. The lowest BCUT2D eigenvalue weighted by molar-refractivity contribution is 0.0958. The molecule has 3 aromatic heterocycles. The van der Waals surface area contributed by atoms with Gasteiger partial charge in [-0.15, -0.1) is 0 Å². The lowest BCUT2D eigenvalue weighted by atomic mass is 10.1. The molecule has 4 heterocycles. The highest BCUT2D eigenvalue weighted by molar-refractivity contribution is 5.92. The molecule has 0 atom stereocenters. The molecule has 8 nitrogen and oxygen atoms in total. The normalized spacial score (nSPS) is 16.8. The maximum atomic E-state index is 12.2. The van der Waals surface area contributed by atoms with E-state index in [1.165, 1.54) is 5.69 Å². The summed E-state index contributed by atoms with van der Waals surface area (Å²) in [7, 11) is 1.64. The maximum Gasteiger partial charge on any atom is 0.269 e. The molecule has 2 N–H and O–H groups in total. The van der Waals surface area contributed by atoms with Crippen molar-refractivity contribution in [2.24, 2.45) is 0 Å². The molecule has 0 radical (unpaired) electrons. The molecule has 2 aliphatic rings. The van der Waals surface area contributed by atoms with Gasteiger partial charge in [0.2, 0.25) is 0 Å². The van der Waals surface area contributed by atoms with E-state index in [2.05, 4.69) is 31.2 Å². The number of pyridine rings is 3. The van der Waals surface area contributed by atoms with Gasteiger partial charge < -0.3 is 15.2 Å². The summed E-state index contributed by atoms with van der Waals surface area (Å²) in [6.07, 6.45) is 4.91. The monoisotopic (exact) mass is 446 g/mol. The van der Waals surface area contributed by atoms with Gasteiger partial charge in [0.25, 0.3) is 11.5 Å². The molecule has 1 amide bonds. The first-order valence-corrected chi connectivity index (χ1v) is 11.8. The molecule has 5 rings (SSSR count). The van der Waals surface area contributed by atoms with Crippen LogP contribution in [0.5, 0.6) is 0 Å². The average molecular weight is 447 g/mol. The third-order valence-corrected chi connectivity index (χ3v) is 6.65. The largest absolute Gasteiger partial charge is 0.367 e. The third kappa shape index (κ3) is 4.48. The van der Waals surface area contributed by atoms with Crippen LogP contribution in [-0.2, 0) is 13.0 Å². The van der Waals surface area contributed by atoms with Gasteiger partial charge in [0.15, 0.2) is 0 Å². The zero-order valence-electron chi connectivity index (χ0n) is 19.2. The van der Waals surface area contributed by atoms with Gasteiger partial charge in [-0.1, -0.05) is 6.92 Å². The molecule has 1 saturated carbocycles. The lowest BCUT2D eigenvalue weighted by Crippen LogP contribution is -2.46. The molecule has 1 aliphatic carbocycles. The van der Waals surface area contributed by atoms with Gasteiger partial charge in [0.05, 0.1) is 22.4 Å². The number of anilines is 1. The minimum absolute atomic E-state index is 0.0277. The topological polar surface area (TPSA) is 94.2 Å². The summed E-state index contributed by atoms with van der Waals surface area (Å²) in [6, 6.07) is 7.83. The molecule has 172 valence electrons. The smallest absolute Gasteiger partial charge is 0.269 e. The zero-order valence-corrected chi connectivity index (χ0v) is 19.2. The van der Waals surface area contributed by atoms with Crippen LogP contribution < -0.4 is 15.8 Å². The molecule has 8 heteroatoms. The lowest BCUT2D eigenvalue weighted by Gasteiger charge is -2.37. The second-order valence-corrected chi connectivity index (χ2v) is 8.97. The molecule has 1 saturated heterocycles. The van der Waals surface area contributed by atoms with Crippen LogP contribution in [0.3, 0.4) is 0 Å². The predicted octanol–water partition coefficient (Wildman–Crippen LogP) is 2.44. The second-order valence-electron chi connectivity index (χ2n) is 8.97. The van der Waals surface area contributed by atoms with Gasteiger partial charge in [-0.2, -0.15) is 0 Å². The summed E-state index contributed by atoms with van der Waals surface area (Å²) < 4.78 is 0. The molecule has 3 aromatic rings. The number of nitrogens with zero attached hydrogens (tertiary/aromatic N) is 4. The van der Waals surface area contributed by atoms with Gasteiger partial charge in [-0.3, -0.25) is 19.5 Å². The number of nitrogens with one attached hydrogen (secondary N) is 2. The highest BCUT2D eigenvalue weighted by Crippen LogP contribution is 2.43. The quantitative estimate of drug-likeness (QED) is 0.604. The summed E-state index contributed by atoms with van der Waals surface area (Å²) in [5.41, 5.74) is 6.20. The van der Waals surface area contributed by atoms with Gasteiger partial charge in [0.1, 0.15) is 5.69 Å². The molecule has 0 bridgehead atoms. The first kappa shape index (κ1) is 21.6. The molecular weight excluding hydrogens is 416 g/mol. The molecule has 33 heavy (non-hydrogen) atoms. The Morgan fingerprint density at radius 3 is 2.67 bits per heavy atom. The SMILES string of the molecule is CCc1cc2ncc(CN3CCN(c4ccc(C(=O)NC)nc4C4CC4)CC3)cc2[nH]c1=O. The van der Waals surface area contributed by atoms with Crippen LogP contribution in [0.2, 0.25) is 0 Å². The summed E-state index contributed by atoms with van der Waals surface area (Å²) in [5, 5.41) is 2.67. The number of piperazine rings is 1. The summed E-state index contributed by atoms with van der Waals surface area (Å²) >= 11 is 0. The van der Waals surface area contributed by atoms with Crippen molar-refractivity contribution in [3.63, 3.8) is 0 Å². The fourth-order valence-electron chi connectivity index (χ4n) is 4.57. The van der Waals surface area contributed by atoms with E-state index < -0.39 is 0 Å². The van der Waals surface area contributed by atoms with E-state index in [1.807, 2.05) is 31.3 Å². The number of aromatic nitrogens is 3. The van der Waals surface area contributed by atoms with Crippen LogP contribution >= 0.6 is 0 Å². The van der Waals surface area contributed by atoms with Crippen LogP contribution in [0.1, 0.15) is 53.0 Å². The van der Waals surface area contributed by atoms with Crippen LogP contribution in [-0.4, -0.2) is 59.0 Å². The van der Waals surface area contributed by atoms with Crippen molar-refractivity contribution >= 4 is 22.6 Å². The second kappa shape index (κ2) is 8.94. The van der Waals surface area contributed by atoms with E-state index in [0.717, 1.165) is 73.4 Å². The van der Waals surface area contributed by atoms with Gasteiger partial charge >= 0.3 is 0 Å². The van der Waals surface area contributed by atoms with E-state index in [9.17, 15) is 9.59 Å². The fourth-order valence-corrected chi connectivity index (χ4v) is 4.57. The number of carbonyl (C=O) groups excluding carboxylic acids is 1. The Hall–Kier alpha value is -3.26. The number of rotatable bonds is 6. The average Bonchev–Trinajstić information content (AvgIpc) is 3.69. The zero-order chi connectivity index (χ0) is 22.9. The van der Waals surface area contributed by atoms with Crippen LogP contribution in [0.15, 0.2) is 35.3 Å². The summed E-state index contributed by atoms with van der Waals surface area (Å²) in [5.74, 6) is 0.339. The minimum atomic E-state index is -0.135. The number of aromatic amines is 1. The van der Waals surface area contributed by atoms with E-state index in [-0.39, 0.29) is 11.5 Å². The van der Waals surface area contributed by atoms with Crippen molar-refractivity contribution in [3.05, 3.63) is 63.3 Å². The Morgan fingerprint density at radius 1 is 1.18 bits per heavy atom. The highest BCUT2D eigenvalue weighted by atomic mass is 16.1. The maximum absolute atomic E-state index is 12.2. The highest BCUT2D eigenvalue weighted by Gasteiger charge is 2.31. The van der Waals surface area contributed by atoms with E-state index in [0.29, 0.717) is 18.0 Å². The molecule has 0 spiro atoms. The number of hydrogen-bond donors (Lipinski definition) is 2. The Labute approximate surface area is 193 Å². The molecular formula is C25H30N6O2. The number of fused-ring (bicyclic) bond motifs is 1. The van der Waals surface area contributed by atoms with Crippen molar-refractivity contribution in [1.29, 1.82) is 0 Å². The summed E-state index contributed by atoms with van der Waals surface area (Å²) in [4.78, 5) is 41.3. The number of amides is 1. The Bertz CT molecular complexity index is 1240. The van der Waals surface area contributed by atoms with Crippen molar-refractivity contribution in [2.45, 2.75) is 38.6 Å². The van der Waals surface area contributed by atoms with Crippen LogP contribution in [0.4, 0.5) is 5.69 Å². The number of H-pyrrole nitrogens is 1. The first-order valence-electron chi connectivity index (χ1n) is 11.8. The minimum Gasteiger partial charge on any atom is -0.367 e. The number of aryl methyl sites for hydroxylation is 1. The number of hydrogen-bond acceptors (Lipinski definition) is 6. The molecule has 0 aromatic carbocycles. The summed E-state index contributed by atoms with van der Waals surface area (Å²) in [6.45, 7) is 6.48. The van der Waals surface area contributed by atoms with E-state index in [1.54, 1.807) is 7.05 Å². The molecule has 1 aliphatic heterocycles. The Kier molecular flexibility index (Phi) is 5.85. The van der Waals surface area contributed by atoms with Crippen molar-refractivity contribution in [2.75, 3.05) is 38.1 Å². The van der Waals surface area contributed by atoms with Gasteiger partial charge in [0, 0.05) is 57.4 Å². The molecule has 0 unspecified atom stereocenters. The number of carbonyl (C=O) groups is 1. The molecule has 2 fully saturated rings.